The Morgan fingerprint density at radius 1 is 1.20 bits per heavy atom. The van der Waals surface area contributed by atoms with Gasteiger partial charge in [0.25, 0.3) is 0 Å². The van der Waals surface area contributed by atoms with E-state index in [2.05, 4.69) is 32.0 Å². The third kappa shape index (κ3) is 3.47. The second kappa shape index (κ2) is 7.08. The molecule has 0 saturated heterocycles. The Hall–Kier alpha value is -3.29. The number of aliphatic imine (C=N–C) groups is 1. The van der Waals surface area contributed by atoms with Crippen molar-refractivity contribution in [1.29, 1.82) is 0 Å². The molecule has 0 aliphatic carbocycles. The zero-order valence-corrected chi connectivity index (χ0v) is 13.8. The van der Waals surface area contributed by atoms with Gasteiger partial charge in [-0.3, -0.25) is 0 Å². The average Bonchev–Trinajstić information content (AvgIpc) is 2.65. The predicted octanol–water partition coefficient (Wildman–Crippen LogP) is 3.13. The highest BCUT2D eigenvalue weighted by molar-refractivity contribution is 5.85. The lowest BCUT2D eigenvalue weighted by Crippen LogP contribution is -2.06. The van der Waals surface area contributed by atoms with E-state index in [0.717, 1.165) is 11.8 Å². The molecule has 7 nitrogen and oxygen atoms in total. The number of nitrogens with zero attached hydrogens (tertiary/aromatic N) is 4. The zero-order valence-electron chi connectivity index (χ0n) is 13.8. The first-order chi connectivity index (χ1) is 12.1. The third-order valence-corrected chi connectivity index (χ3v) is 3.57. The maximum Gasteiger partial charge on any atom is 0.225 e. The number of nitrogens with one attached hydrogen (secondary N) is 1. The number of methoxy groups -OCH3 is 2. The van der Waals surface area contributed by atoms with Gasteiger partial charge in [0.2, 0.25) is 5.95 Å². The number of halogens is 1. The van der Waals surface area contributed by atoms with Crippen LogP contribution in [-0.4, -0.2) is 35.9 Å². The number of ether oxygens (including phenoxy) is 2. The van der Waals surface area contributed by atoms with Gasteiger partial charge in [0.15, 0.2) is 5.82 Å². The zero-order chi connectivity index (χ0) is 17.8. The summed E-state index contributed by atoms with van der Waals surface area (Å²) in [6.45, 7) is 3.87. The molecule has 2 aromatic heterocycles. The van der Waals surface area contributed by atoms with E-state index in [1.807, 2.05) is 12.1 Å². The predicted molar refractivity (Wildman–Crippen MR) is 93.4 cm³/mol. The van der Waals surface area contributed by atoms with Crippen LogP contribution >= 0.6 is 0 Å². The molecule has 2 heterocycles. The second-order valence-corrected chi connectivity index (χ2v) is 5.08. The molecule has 0 fully saturated rings. The largest absolute Gasteiger partial charge is 0.497 e. The van der Waals surface area contributed by atoms with E-state index in [1.165, 1.54) is 6.07 Å². The molecule has 0 bridgehead atoms. The molecule has 128 valence electrons. The number of aromatic nitrogens is 3. The minimum absolute atomic E-state index is 0.286. The summed E-state index contributed by atoms with van der Waals surface area (Å²) in [7, 11) is 3.17. The van der Waals surface area contributed by atoms with Crippen molar-refractivity contribution in [2.75, 3.05) is 19.5 Å². The van der Waals surface area contributed by atoms with Crippen LogP contribution in [0.3, 0.4) is 0 Å². The Balaban J connectivity index is 1.89. The molecule has 25 heavy (non-hydrogen) atoms. The SMILES string of the molecule is C=Nc1nc(NCc2ccc(OC)cc2OC)nc2cc(F)cnc12. The third-order valence-electron chi connectivity index (χ3n) is 3.57. The van der Waals surface area contributed by atoms with Crippen molar-refractivity contribution in [2.45, 2.75) is 6.54 Å². The quantitative estimate of drug-likeness (QED) is 0.694. The Labute approximate surface area is 143 Å². The van der Waals surface area contributed by atoms with Crippen molar-refractivity contribution in [3.63, 3.8) is 0 Å². The van der Waals surface area contributed by atoms with Crippen molar-refractivity contribution in [3.05, 3.63) is 41.8 Å². The van der Waals surface area contributed by atoms with Crippen LogP contribution in [0.25, 0.3) is 11.0 Å². The van der Waals surface area contributed by atoms with Crippen LogP contribution in [0.5, 0.6) is 11.5 Å². The van der Waals surface area contributed by atoms with E-state index < -0.39 is 5.82 Å². The molecular weight excluding hydrogens is 325 g/mol. The van der Waals surface area contributed by atoms with Crippen molar-refractivity contribution >= 4 is 29.5 Å². The minimum atomic E-state index is -0.482. The molecule has 0 unspecified atom stereocenters. The summed E-state index contributed by atoms with van der Waals surface area (Å²) in [4.78, 5) is 16.3. The van der Waals surface area contributed by atoms with Gasteiger partial charge in [-0.25, -0.2) is 19.4 Å². The van der Waals surface area contributed by atoms with Crippen LogP contribution in [0.1, 0.15) is 5.56 Å². The summed E-state index contributed by atoms with van der Waals surface area (Å²) in [6, 6.07) is 6.77. The summed E-state index contributed by atoms with van der Waals surface area (Å²) in [5, 5.41) is 3.08. The maximum absolute atomic E-state index is 13.4. The number of hydrogen-bond donors (Lipinski definition) is 1. The van der Waals surface area contributed by atoms with E-state index >= 15 is 0 Å². The van der Waals surface area contributed by atoms with Gasteiger partial charge in [0.1, 0.15) is 22.8 Å². The standard InChI is InChI=1S/C17H16FN5O2/c1-19-16-15-13(6-11(18)9-20-15)22-17(23-16)21-8-10-4-5-12(24-2)7-14(10)25-3/h4-7,9H,1,8H2,2-3H3,(H,21,22,23). The first-order valence-electron chi connectivity index (χ1n) is 7.39. The highest BCUT2D eigenvalue weighted by Crippen LogP contribution is 2.26. The van der Waals surface area contributed by atoms with Crippen LogP contribution < -0.4 is 14.8 Å². The first-order valence-corrected chi connectivity index (χ1v) is 7.39. The molecule has 3 rings (SSSR count). The number of rotatable bonds is 6. The summed E-state index contributed by atoms with van der Waals surface area (Å²) < 4.78 is 23.9. The second-order valence-electron chi connectivity index (χ2n) is 5.08. The highest BCUT2D eigenvalue weighted by Gasteiger charge is 2.10. The molecule has 0 aliphatic rings. The fraction of sp³-hybridized carbons (Fsp3) is 0.176. The van der Waals surface area contributed by atoms with Crippen molar-refractivity contribution < 1.29 is 13.9 Å². The fourth-order valence-corrected chi connectivity index (χ4v) is 2.34. The Bertz CT molecular complexity index is 932. The normalized spacial score (nSPS) is 10.5. The summed E-state index contributed by atoms with van der Waals surface area (Å²) in [5.74, 6) is 1.46. The highest BCUT2D eigenvalue weighted by atomic mass is 19.1. The Morgan fingerprint density at radius 3 is 2.76 bits per heavy atom. The lowest BCUT2D eigenvalue weighted by molar-refractivity contribution is 0.391. The molecule has 0 amide bonds. The van der Waals surface area contributed by atoms with Gasteiger partial charge in [0, 0.05) is 24.2 Å². The maximum atomic E-state index is 13.4. The summed E-state index contributed by atoms with van der Waals surface area (Å²) in [5.41, 5.74) is 1.63. The molecular formula is C17H16FN5O2. The molecule has 1 aromatic carbocycles. The summed E-state index contributed by atoms with van der Waals surface area (Å²) in [6.07, 6.45) is 1.09. The smallest absolute Gasteiger partial charge is 0.225 e. The van der Waals surface area contributed by atoms with E-state index in [9.17, 15) is 4.39 Å². The van der Waals surface area contributed by atoms with Gasteiger partial charge in [-0.1, -0.05) is 0 Å². The molecule has 1 N–H and O–H groups in total. The number of pyridine rings is 1. The van der Waals surface area contributed by atoms with E-state index in [4.69, 9.17) is 9.47 Å². The average molecular weight is 341 g/mol. The first kappa shape index (κ1) is 16.6. The van der Waals surface area contributed by atoms with Crippen LogP contribution in [0, 0.1) is 5.82 Å². The van der Waals surface area contributed by atoms with Crippen LogP contribution in [0.15, 0.2) is 35.5 Å². The molecule has 0 atom stereocenters. The van der Waals surface area contributed by atoms with Gasteiger partial charge in [-0.05, 0) is 18.9 Å². The van der Waals surface area contributed by atoms with E-state index in [-0.39, 0.29) is 5.82 Å². The topological polar surface area (TPSA) is 81.5 Å². The minimum Gasteiger partial charge on any atom is -0.497 e. The van der Waals surface area contributed by atoms with Gasteiger partial charge in [-0.2, -0.15) is 4.98 Å². The molecule has 0 aliphatic heterocycles. The molecule has 0 spiro atoms. The molecule has 0 saturated carbocycles. The van der Waals surface area contributed by atoms with Crippen molar-refractivity contribution in [2.24, 2.45) is 4.99 Å². The fourth-order valence-electron chi connectivity index (χ4n) is 2.34. The number of benzene rings is 1. The van der Waals surface area contributed by atoms with Gasteiger partial charge < -0.3 is 14.8 Å². The monoisotopic (exact) mass is 341 g/mol. The van der Waals surface area contributed by atoms with Gasteiger partial charge in [-0.15, -0.1) is 0 Å². The molecule has 0 radical (unpaired) electrons. The number of anilines is 1. The van der Waals surface area contributed by atoms with Crippen LogP contribution in [0.2, 0.25) is 0 Å². The van der Waals surface area contributed by atoms with Crippen LogP contribution in [0.4, 0.5) is 16.2 Å². The molecule has 8 heteroatoms. The van der Waals surface area contributed by atoms with Crippen LogP contribution in [-0.2, 0) is 6.54 Å². The van der Waals surface area contributed by atoms with Gasteiger partial charge in [0.05, 0.1) is 25.9 Å². The van der Waals surface area contributed by atoms with E-state index in [0.29, 0.717) is 35.0 Å². The van der Waals surface area contributed by atoms with Crippen molar-refractivity contribution in [1.82, 2.24) is 15.0 Å². The Morgan fingerprint density at radius 2 is 2.04 bits per heavy atom. The van der Waals surface area contributed by atoms with E-state index in [1.54, 1.807) is 20.3 Å². The number of fused-ring (bicyclic) bond motifs is 1. The summed E-state index contributed by atoms with van der Waals surface area (Å²) >= 11 is 0. The Kier molecular flexibility index (Phi) is 4.69. The lowest BCUT2D eigenvalue weighted by atomic mass is 10.2. The van der Waals surface area contributed by atoms with Crippen molar-refractivity contribution in [3.8, 4) is 11.5 Å². The lowest BCUT2D eigenvalue weighted by Gasteiger charge is -2.12. The van der Waals surface area contributed by atoms with Gasteiger partial charge >= 0.3 is 0 Å². The molecule has 3 aromatic rings. The number of hydrogen-bond acceptors (Lipinski definition) is 7.